The standard InChI is InChI=1S/C17H12ClNO5/c1-23-11-3-5-14-9(6-11)7-15(24-14)16(20)19-10-2-4-13(18)12(8-10)17(21)22/h2-8H,1H3,(H,19,20)(H,21,22). The van der Waals surface area contributed by atoms with E-state index >= 15 is 0 Å². The predicted molar refractivity (Wildman–Crippen MR) is 89.1 cm³/mol. The summed E-state index contributed by atoms with van der Waals surface area (Å²) < 4.78 is 10.6. The van der Waals surface area contributed by atoms with Gasteiger partial charge in [0.2, 0.25) is 0 Å². The molecule has 0 atom stereocenters. The smallest absolute Gasteiger partial charge is 0.337 e. The number of amides is 1. The summed E-state index contributed by atoms with van der Waals surface area (Å²) in [6.07, 6.45) is 0. The van der Waals surface area contributed by atoms with Crippen molar-refractivity contribution in [1.82, 2.24) is 0 Å². The Morgan fingerprint density at radius 3 is 2.67 bits per heavy atom. The maximum Gasteiger partial charge on any atom is 0.337 e. The van der Waals surface area contributed by atoms with Crippen LogP contribution in [0.2, 0.25) is 5.02 Å². The van der Waals surface area contributed by atoms with Gasteiger partial charge in [-0.15, -0.1) is 0 Å². The van der Waals surface area contributed by atoms with Gasteiger partial charge in [0.1, 0.15) is 11.3 Å². The number of ether oxygens (including phenoxy) is 1. The normalized spacial score (nSPS) is 10.6. The molecule has 24 heavy (non-hydrogen) atoms. The van der Waals surface area contributed by atoms with Crippen molar-refractivity contribution in [1.29, 1.82) is 0 Å². The first kappa shape index (κ1) is 15.9. The van der Waals surface area contributed by atoms with Crippen molar-refractivity contribution in [3.8, 4) is 5.75 Å². The SMILES string of the molecule is COc1ccc2oc(C(=O)Nc3ccc(Cl)c(C(=O)O)c3)cc2c1. The average molecular weight is 346 g/mol. The Kier molecular flexibility index (Phi) is 4.14. The zero-order chi connectivity index (χ0) is 17.3. The van der Waals surface area contributed by atoms with Crippen LogP contribution in [0.5, 0.6) is 5.75 Å². The molecule has 122 valence electrons. The van der Waals surface area contributed by atoms with Gasteiger partial charge in [0, 0.05) is 11.1 Å². The molecule has 3 rings (SSSR count). The maximum absolute atomic E-state index is 12.3. The third kappa shape index (κ3) is 3.04. The Labute approximate surface area is 141 Å². The molecule has 0 spiro atoms. The number of hydrogen-bond donors (Lipinski definition) is 2. The third-order valence-electron chi connectivity index (χ3n) is 3.40. The van der Waals surface area contributed by atoms with Crippen molar-refractivity contribution in [2.45, 2.75) is 0 Å². The Hall–Kier alpha value is -2.99. The second kappa shape index (κ2) is 6.25. The van der Waals surface area contributed by atoms with Crippen molar-refractivity contribution in [3.63, 3.8) is 0 Å². The monoisotopic (exact) mass is 345 g/mol. The molecule has 0 saturated carbocycles. The van der Waals surface area contributed by atoms with Crippen LogP contribution in [0.1, 0.15) is 20.9 Å². The fraction of sp³-hybridized carbons (Fsp3) is 0.0588. The van der Waals surface area contributed by atoms with E-state index in [2.05, 4.69) is 5.32 Å². The Morgan fingerprint density at radius 1 is 1.17 bits per heavy atom. The van der Waals surface area contributed by atoms with Gasteiger partial charge in [-0.05, 0) is 42.5 Å². The number of furan rings is 1. The van der Waals surface area contributed by atoms with Gasteiger partial charge in [-0.3, -0.25) is 4.79 Å². The van der Waals surface area contributed by atoms with Crippen LogP contribution in [0, 0.1) is 0 Å². The molecule has 0 aliphatic heterocycles. The molecule has 0 aliphatic rings. The molecule has 2 aromatic carbocycles. The van der Waals surface area contributed by atoms with Crippen molar-refractivity contribution in [2.24, 2.45) is 0 Å². The summed E-state index contributed by atoms with van der Waals surface area (Å²) in [6.45, 7) is 0. The zero-order valence-corrected chi connectivity index (χ0v) is 13.3. The van der Waals surface area contributed by atoms with Crippen LogP contribution >= 0.6 is 11.6 Å². The fourth-order valence-electron chi connectivity index (χ4n) is 2.22. The number of carbonyl (C=O) groups excluding carboxylic acids is 1. The molecule has 0 radical (unpaired) electrons. The van der Waals surface area contributed by atoms with Crippen molar-refractivity contribution in [2.75, 3.05) is 12.4 Å². The van der Waals surface area contributed by atoms with E-state index in [1.54, 1.807) is 31.4 Å². The number of nitrogens with one attached hydrogen (secondary N) is 1. The van der Waals surface area contributed by atoms with Crippen LogP contribution in [0.25, 0.3) is 11.0 Å². The summed E-state index contributed by atoms with van der Waals surface area (Å²) >= 11 is 5.80. The van der Waals surface area contributed by atoms with Gasteiger partial charge in [-0.2, -0.15) is 0 Å². The molecule has 1 aromatic heterocycles. The second-order valence-corrected chi connectivity index (χ2v) is 5.38. The predicted octanol–water partition coefficient (Wildman–Crippen LogP) is 4.05. The van der Waals surface area contributed by atoms with Crippen LogP contribution in [0.15, 0.2) is 46.9 Å². The average Bonchev–Trinajstić information content (AvgIpc) is 2.99. The van der Waals surface area contributed by atoms with E-state index in [0.29, 0.717) is 17.0 Å². The number of halogens is 1. The van der Waals surface area contributed by atoms with Gasteiger partial charge in [0.05, 0.1) is 17.7 Å². The Morgan fingerprint density at radius 2 is 1.96 bits per heavy atom. The number of carboxylic acid groups (broad SMARTS) is 1. The molecule has 0 aliphatic carbocycles. The molecule has 0 fully saturated rings. The highest BCUT2D eigenvalue weighted by atomic mass is 35.5. The van der Waals surface area contributed by atoms with Gasteiger partial charge >= 0.3 is 5.97 Å². The van der Waals surface area contributed by atoms with Crippen LogP contribution in [0.3, 0.4) is 0 Å². The first-order valence-corrected chi connectivity index (χ1v) is 7.27. The topological polar surface area (TPSA) is 88.8 Å². The Bertz CT molecular complexity index is 947. The van der Waals surface area contributed by atoms with E-state index in [1.165, 1.54) is 18.2 Å². The maximum atomic E-state index is 12.3. The highest BCUT2D eigenvalue weighted by molar-refractivity contribution is 6.33. The number of anilines is 1. The molecule has 2 N–H and O–H groups in total. The van der Waals surface area contributed by atoms with E-state index in [4.69, 9.17) is 25.9 Å². The van der Waals surface area contributed by atoms with E-state index in [9.17, 15) is 9.59 Å². The fourth-order valence-corrected chi connectivity index (χ4v) is 2.42. The minimum Gasteiger partial charge on any atom is -0.497 e. The Balaban J connectivity index is 1.87. The largest absolute Gasteiger partial charge is 0.497 e. The lowest BCUT2D eigenvalue weighted by Crippen LogP contribution is -2.11. The van der Waals surface area contributed by atoms with E-state index in [1.807, 2.05) is 0 Å². The number of rotatable bonds is 4. The lowest BCUT2D eigenvalue weighted by atomic mass is 10.2. The van der Waals surface area contributed by atoms with Gasteiger partial charge in [0.15, 0.2) is 5.76 Å². The number of benzene rings is 2. The number of carboxylic acids is 1. The molecular weight excluding hydrogens is 334 g/mol. The van der Waals surface area contributed by atoms with Crippen LogP contribution in [0.4, 0.5) is 5.69 Å². The van der Waals surface area contributed by atoms with E-state index in [0.717, 1.165) is 5.39 Å². The van der Waals surface area contributed by atoms with Gasteiger partial charge in [-0.1, -0.05) is 11.6 Å². The summed E-state index contributed by atoms with van der Waals surface area (Å²) in [7, 11) is 1.55. The highest BCUT2D eigenvalue weighted by Crippen LogP contribution is 2.25. The molecule has 1 amide bonds. The van der Waals surface area contributed by atoms with Gasteiger partial charge < -0.3 is 19.6 Å². The lowest BCUT2D eigenvalue weighted by molar-refractivity contribution is 0.0696. The summed E-state index contributed by atoms with van der Waals surface area (Å²) in [5.74, 6) is -0.917. The molecule has 0 unspecified atom stereocenters. The highest BCUT2D eigenvalue weighted by Gasteiger charge is 2.15. The molecule has 0 bridgehead atoms. The van der Waals surface area contributed by atoms with Crippen molar-refractivity contribution in [3.05, 3.63) is 58.8 Å². The van der Waals surface area contributed by atoms with E-state index < -0.39 is 11.9 Å². The lowest BCUT2D eigenvalue weighted by Gasteiger charge is -2.05. The van der Waals surface area contributed by atoms with E-state index in [-0.39, 0.29) is 16.3 Å². The summed E-state index contributed by atoms with van der Waals surface area (Å²) in [6, 6.07) is 11.0. The second-order valence-electron chi connectivity index (χ2n) is 4.97. The summed E-state index contributed by atoms with van der Waals surface area (Å²) in [5, 5.41) is 12.5. The van der Waals surface area contributed by atoms with Crippen molar-refractivity contribution >= 4 is 40.1 Å². The number of methoxy groups -OCH3 is 1. The first-order chi connectivity index (χ1) is 11.5. The van der Waals surface area contributed by atoms with Gasteiger partial charge in [-0.25, -0.2) is 4.79 Å². The summed E-state index contributed by atoms with van der Waals surface area (Å²) in [5.41, 5.74) is 0.756. The number of hydrogen-bond acceptors (Lipinski definition) is 4. The quantitative estimate of drug-likeness (QED) is 0.744. The number of fused-ring (bicyclic) bond motifs is 1. The molecule has 6 nitrogen and oxygen atoms in total. The molecular formula is C17H12ClNO5. The van der Waals surface area contributed by atoms with Crippen LogP contribution < -0.4 is 10.1 Å². The minimum atomic E-state index is -1.17. The third-order valence-corrected chi connectivity index (χ3v) is 3.73. The minimum absolute atomic E-state index is 0.0937. The summed E-state index contributed by atoms with van der Waals surface area (Å²) in [4.78, 5) is 23.4. The zero-order valence-electron chi connectivity index (χ0n) is 12.5. The molecule has 3 aromatic rings. The molecule has 0 saturated heterocycles. The molecule has 7 heteroatoms. The van der Waals surface area contributed by atoms with Gasteiger partial charge in [0.25, 0.3) is 5.91 Å². The molecule has 1 heterocycles. The van der Waals surface area contributed by atoms with Crippen LogP contribution in [-0.4, -0.2) is 24.1 Å². The first-order valence-electron chi connectivity index (χ1n) is 6.89. The van der Waals surface area contributed by atoms with Crippen molar-refractivity contribution < 1.29 is 23.8 Å². The number of aromatic carboxylic acids is 1. The number of carbonyl (C=O) groups is 2. The van der Waals surface area contributed by atoms with Crippen LogP contribution in [-0.2, 0) is 0 Å².